The van der Waals surface area contributed by atoms with Crippen LogP contribution in [0.15, 0.2) is 42.7 Å². The number of aromatic nitrogens is 5. The Morgan fingerprint density at radius 2 is 2.09 bits per heavy atom. The van der Waals surface area contributed by atoms with Gasteiger partial charge in [0.1, 0.15) is 0 Å². The van der Waals surface area contributed by atoms with Gasteiger partial charge in [-0.1, -0.05) is 47.4 Å². The monoisotopic (exact) mass is 348 g/mol. The number of nitrogens with zero attached hydrogens (tertiary/aromatic N) is 5. The van der Waals surface area contributed by atoms with Crippen molar-refractivity contribution in [3.8, 4) is 5.69 Å². The van der Waals surface area contributed by atoms with Gasteiger partial charge in [-0.15, -0.1) is 0 Å². The summed E-state index contributed by atoms with van der Waals surface area (Å²) in [5.74, 6) is 0.758. The van der Waals surface area contributed by atoms with Crippen LogP contribution < -0.4 is 5.32 Å². The van der Waals surface area contributed by atoms with E-state index in [0.29, 0.717) is 28.2 Å². The SMILES string of the molecule is CC(CNc1nnnn1-c1cccc(Cl)c1Cl)c1cccnc1. The average molecular weight is 349 g/mol. The van der Waals surface area contributed by atoms with Crippen LogP contribution in [0.3, 0.4) is 0 Å². The molecule has 0 fully saturated rings. The van der Waals surface area contributed by atoms with Crippen molar-refractivity contribution >= 4 is 29.2 Å². The van der Waals surface area contributed by atoms with Crippen LogP contribution in [0, 0.1) is 0 Å². The highest BCUT2D eigenvalue weighted by atomic mass is 35.5. The van der Waals surface area contributed by atoms with E-state index < -0.39 is 0 Å². The summed E-state index contributed by atoms with van der Waals surface area (Å²) in [5, 5.41) is 15.8. The van der Waals surface area contributed by atoms with Crippen molar-refractivity contribution in [1.82, 2.24) is 25.2 Å². The first-order chi connectivity index (χ1) is 11.2. The van der Waals surface area contributed by atoms with Gasteiger partial charge in [-0.3, -0.25) is 4.98 Å². The molecule has 0 saturated carbocycles. The molecule has 1 atom stereocenters. The molecule has 0 aliphatic heterocycles. The summed E-state index contributed by atoms with van der Waals surface area (Å²) < 4.78 is 1.53. The molecule has 1 unspecified atom stereocenters. The zero-order chi connectivity index (χ0) is 16.2. The number of nitrogens with one attached hydrogen (secondary N) is 1. The zero-order valence-electron chi connectivity index (χ0n) is 12.3. The molecule has 6 nitrogen and oxygen atoms in total. The van der Waals surface area contributed by atoms with E-state index in [0.717, 1.165) is 5.56 Å². The molecule has 1 N–H and O–H groups in total. The normalized spacial score (nSPS) is 12.1. The third kappa shape index (κ3) is 3.43. The number of tetrazole rings is 1. The van der Waals surface area contributed by atoms with E-state index in [-0.39, 0.29) is 5.92 Å². The van der Waals surface area contributed by atoms with E-state index >= 15 is 0 Å². The molecule has 118 valence electrons. The molecule has 0 saturated heterocycles. The molecule has 0 spiro atoms. The molecular formula is C15H14Cl2N6. The molecular weight excluding hydrogens is 335 g/mol. The Balaban J connectivity index is 1.78. The zero-order valence-corrected chi connectivity index (χ0v) is 13.8. The minimum atomic E-state index is 0.253. The third-order valence-corrected chi connectivity index (χ3v) is 4.26. The van der Waals surface area contributed by atoms with Crippen molar-refractivity contribution in [2.75, 3.05) is 11.9 Å². The summed E-state index contributed by atoms with van der Waals surface area (Å²) in [5.41, 5.74) is 1.76. The largest absolute Gasteiger partial charge is 0.352 e. The van der Waals surface area contributed by atoms with Gasteiger partial charge in [0.05, 0.1) is 15.7 Å². The molecule has 23 heavy (non-hydrogen) atoms. The van der Waals surface area contributed by atoms with E-state index in [4.69, 9.17) is 23.2 Å². The molecule has 2 heterocycles. The van der Waals surface area contributed by atoms with Crippen LogP contribution in [-0.4, -0.2) is 31.7 Å². The van der Waals surface area contributed by atoms with Gasteiger partial charge in [0, 0.05) is 18.9 Å². The molecule has 0 aliphatic rings. The highest BCUT2D eigenvalue weighted by Gasteiger charge is 2.14. The quantitative estimate of drug-likeness (QED) is 0.763. The maximum Gasteiger partial charge on any atom is 0.247 e. The second kappa shape index (κ2) is 6.93. The van der Waals surface area contributed by atoms with Gasteiger partial charge in [-0.25, -0.2) is 0 Å². The van der Waals surface area contributed by atoms with E-state index in [1.165, 1.54) is 4.68 Å². The minimum absolute atomic E-state index is 0.253. The number of pyridine rings is 1. The molecule has 0 amide bonds. The Morgan fingerprint density at radius 1 is 1.22 bits per heavy atom. The van der Waals surface area contributed by atoms with Crippen LogP contribution >= 0.6 is 23.2 Å². The van der Waals surface area contributed by atoms with Crippen LogP contribution in [0.5, 0.6) is 0 Å². The van der Waals surface area contributed by atoms with Gasteiger partial charge < -0.3 is 5.32 Å². The Kier molecular flexibility index (Phi) is 4.73. The summed E-state index contributed by atoms with van der Waals surface area (Å²) in [6.45, 7) is 2.76. The van der Waals surface area contributed by atoms with Crippen LogP contribution in [-0.2, 0) is 0 Å². The van der Waals surface area contributed by atoms with Gasteiger partial charge in [0.2, 0.25) is 5.95 Å². The van der Waals surface area contributed by atoms with Crippen molar-refractivity contribution in [1.29, 1.82) is 0 Å². The number of halogens is 2. The molecule has 8 heteroatoms. The van der Waals surface area contributed by atoms with E-state index in [9.17, 15) is 0 Å². The smallest absolute Gasteiger partial charge is 0.247 e. The Morgan fingerprint density at radius 3 is 2.87 bits per heavy atom. The fourth-order valence-corrected chi connectivity index (χ4v) is 2.52. The van der Waals surface area contributed by atoms with E-state index in [1.807, 2.05) is 18.3 Å². The standard InChI is InChI=1S/C15H14Cl2N6/c1-10(11-4-3-7-18-9-11)8-19-15-20-21-22-23(15)13-6-2-5-12(16)14(13)17/h2-7,9-10H,8H2,1H3,(H,19,20,22). The maximum atomic E-state index is 6.23. The van der Waals surface area contributed by atoms with Crippen molar-refractivity contribution in [3.05, 3.63) is 58.3 Å². The molecule has 2 aromatic heterocycles. The average Bonchev–Trinajstić information content (AvgIpc) is 3.04. The fourth-order valence-electron chi connectivity index (χ4n) is 2.15. The van der Waals surface area contributed by atoms with Crippen molar-refractivity contribution < 1.29 is 0 Å². The summed E-state index contributed by atoms with van der Waals surface area (Å²) in [6, 6.07) is 9.28. The van der Waals surface area contributed by atoms with Gasteiger partial charge in [-0.05, 0) is 40.1 Å². The van der Waals surface area contributed by atoms with Gasteiger partial charge in [0.15, 0.2) is 0 Å². The highest BCUT2D eigenvalue weighted by molar-refractivity contribution is 6.43. The topological polar surface area (TPSA) is 68.5 Å². The van der Waals surface area contributed by atoms with Gasteiger partial charge in [-0.2, -0.15) is 4.68 Å². The first-order valence-electron chi connectivity index (χ1n) is 7.03. The summed E-state index contributed by atoms with van der Waals surface area (Å²) in [7, 11) is 0. The highest BCUT2D eigenvalue weighted by Crippen LogP contribution is 2.29. The number of hydrogen-bond acceptors (Lipinski definition) is 5. The molecule has 3 aromatic rings. The lowest BCUT2D eigenvalue weighted by molar-refractivity contribution is 0.770. The predicted octanol–water partition coefficient (Wildman–Crippen LogP) is 3.58. The fraction of sp³-hybridized carbons (Fsp3) is 0.200. The van der Waals surface area contributed by atoms with E-state index in [1.54, 1.807) is 24.4 Å². The van der Waals surface area contributed by atoms with Crippen LogP contribution in [0.1, 0.15) is 18.4 Å². The number of hydrogen-bond donors (Lipinski definition) is 1. The van der Waals surface area contributed by atoms with Crippen LogP contribution in [0.2, 0.25) is 10.0 Å². The first-order valence-corrected chi connectivity index (χ1v) is 7.79. The van der Waals surface area contributed by atoms with Crippen molar-refractivity contribution in [2.24, 2.45) is 0 Å². The number of benzene rings is 1. The minimum Gasteiger partial charge on any atom is -0.352 e. The predicted molar refractivity (Wildman–Crippen MR) is 90.3 cm³/mol. The Hall–Kier alpha value is -2.18. The third-order valence-electron chi connectivity index (χ3n) is 3.45. The van der Waals surface area contributed by atoms with E-state index in [2.05, 4.69) is 32.7 Å². The molecule has 0 aliphatic carbocycles. The van der Waals surface area contributed by atoms with Crippen LogP contribution in [0.4, 0.5) is 5.95 Å². The molecule has 0 radical (unpaired) electrons. The first kappa shape index (κ1) is 15.7. The molecule has 3 rings (SSSR count). The molecule has 0 bridgehead atoms. The van der Waals surface area contributed by atoms with Gasteiger partial charge in [0.25, 0.3) is 0 Å². The van der Waals surface area contributed by atoms with Gasteiger partial charge >= 0.3 is 0 Å². The maximum absolute atomic E-state index is 6.23. The number of rotatable bonds is 5. The lowest BCUT2D eigenvalue weighted by atomic mass is 10.0. The van der Waals surface area contributed by atoms with Crippen molar-refractivity contribution in [3.63, 3.8) is 0 Å². The Bertz CT molecular complexity index is 790. The lowest BCUT2D eigenvalue weighted by Gasteiger charge is -2.13. The van der Waals surface area contributed by atoms with Crippen molar-refractivity contribution in [2.45, 2.75) is 12.8 Å². The summed E-state index contributed by atoms with van der Waals surface area (Å²) in [6.07, 6.45) is 3.61. The number of anilines is 1. The second-order valence-electron chi connectivity index (χ2n) is 5.06. The summed E-state index contributed by atoms with van der Waals surface area (Å²) >= 11 is 12.3. The summed E-state index contributed by atoms with van der Waals surface area (Å²) in [4.78, 5) is 4.13. The lowest BCUT2D eigenvalue weighted by Crippen LogP contribution is -2.14. The Labute approximate surface area is 143 Å². The molecule has 1 aromatic carbocycles. The second-order valence-corrected chi connectivity index (χ2v) is 5.84. The van der Waals surface area contributed by atoms with Crippen LogP contribution in [0.25, 0.3) is 5.69 Å².